The third-order valence-corrected chi connectivity index (χ3v) is 8.89. The lowest BCUT2D eigenvalue weighted by molar-refractivity contribution is -0.0349. The van der Waals surface area contributed by atoms with Crippen molar-refractivity contribution in [3.63, 3.8) is 0 Å². The SMILES string of the molecule is C=C(C)C1CCC2C3CCC4CC(C)CCC4C3CC(=C)C12C. The molecule has 0 radical (unpaired) electrons. The van der Waals surface area contributed by atoms with Crippen LogP contribution in [-0.2, 0) is 0 Å². The fourth-order valence-corrected chi connectivity index (χ4v) is 7.79. The van der Waals surface area contributed by atoms with E-state index in [4.69, 9.17) is 0 Å². The summed E-state index contributed by atoms with van der Waals surface area (Å²) >= 11 is 0. The first-order valence-electron chi connectivity index (χ1n) is 10.3. The van der Waals surface area contributed by atoms with Crippen molar-refractivity contribution in [3.05, 3.63) is 24.3 Å². The predicted octanol–water partition coefficient (Wildman–Crippen LogP) is 6.63. The molecule has 0 heteroatoms. The molecule has 0 saturated heterocycles. The van der Waals surface area contributed by atoms with Gasteiger partial charge in [-0.15, -0.1) is 0 Å². The van der Waals surface area contributed by atoms with Gasteiger partial charge in [-0.25, -0.2) is 0 Å². The van der Waals surface area contributed by atoms with E-state index in [0.717, 1.165) is 35.5 Å². The molecule has 4 fully saturated rings. The molecule has 0 aromatic rings. The Bertz CT molecular complexity index is 514. The van der Waals surface area contributed by atoms with Gasteiger partial charge in [-0.1, -0.05) is 44.6 Å². The van der Waals surface area contributed by atoms with Gasteiger partial charge in [0, 0.05) is 0 Å². The van der Waals surface area contributed by atoms with Crippen LogP contribution in [0.1, 0.15) is 72.1 Å². The summed E-state index contributed by atoms with van der Waals surface area (Å²) in [6.45, 7) is 16.3. The summed E-state index contributed by atoms with van der Waals surface area (Å²) in [6.07, 6.45) is 11.7. The van der Waals surface area contributed by atoms with Crippen molar-refractivity contribution in [1.29, 1.82) is 0 Å². The third-order valence-electron chi connectivity index (χ3n) is 8.89. The van der Waals surface area contributed by atoms with Crippen LogP contribution in [0, 0.1) is 46.8 Å². The van der Waals surface area contributed by atoms with E-state index in [1.165, 1.54) is 56.9 Å². The highest BCUT2D eigenvalue weighted by Gasteiger charge is 2.58. The van der Waals surface area contributed by atoms with Crippen LogP contribution in [0.15, 0.2) is 24.3 Å². The zero-order chi connectivity index (χ0) is 16.4. The molecule has 4 aliphatic rings. The van der Waals surface area contributed by atoms with Crippen LogP contribution in [0.5, 0.6) is 0 Å². The van der Waals surface area contributed by atoms with Crippen molar-refractivity contribution < 1.29 is 0 Å². The molecule has 0 amide bonds. The lowest BCUT2D eigenvalue weighted by Crippen LogP contribution is -2.49. The monoisotopic (exact) mass is 312 g/mol. The first-order valence-corrected chi connectivity index (χ1v) is 10.3. The van der Waals surface area contributed by atoms with Crippen LogP contribution in [0.4, 0.5) is 0 Å². The number of rotatable bonds is 1. The summed E-state index contributed by atoms with van der Waals surface area (Å²) < 4.78 is 0. The van der Waals surface area contributed by atoms with Crippen LogP contribution >= 0.6 is 0 Å². The molecule has 0 aromatic heterocycles. The maximum Gasteiger partial charge on any atom is -0.00228 e. The Morgan fingerprint density at radius 1 is 1.00 bits per heavy atom. The standard InChI is InChI=1S/C23H36/c1-14(2)21-10-11-22-19-9-7-17-12-15(3)6-8-18(17)20(19)13-16(4)23(21,22)5/h15,17-22H,1,4,6-13H2,2-3,5H3. The normalized spacial score (nSPS) is 52.5. The summed E-state index contributed by atoms with van der Waals surface area (Å²) in [7, 11) is 0. The van der Waals surface area contributed by atoms with Gasteiger partial charge in [0.1, 0.15) is 0 Å². The van der Waals surface area contributed by atoms with E-state index in [0.29, 0.717) is 11.3 Å². The molecule has 0 heterocycles. The summed E-state index contributed by atoms with van der Waals surface area (Å²) in [5.74, 6) is 6.59. The number of hydrogen-bond donors (Lipinski definition) is 0. The maximum absolute atomic E-state index is 4.66. The highest BCUT2D eigenvalue weighted by atomic mass is 14.6. The minimum Gasteiger partial charge on any atom is -0.0998 e. The number of allylic oxidation sites excluding steroid dienone is 2. The van der Waals surface area contributed by atoms with Crippen molar-refractivity contribution in [2.75, 3.05) is 0 Å². The molecule has 0 aliphatic heterocycles. The molecule has 0 bridgehead atoms. The van der Waals surface area contributed by atoms with Gasteiger partial charge in [0.2, 0.25) is 0 Å². The van der Waals surface area contributed by atoms with Gasteiger partial charge < -0.3 is 0 Å². The van der Waals surface area contributed by atoms with Gasteiger partial charge in [0.15, 0.2) is 0 Å². The van der Waals surface area contributed by atoms with Gasteiger partial charge in [-0.05, 0) is 98.7 Å². The molecular formula is C23H36. The average molecular weight is 313 g/mol. The molecule has 128 valence electrons. The molecule has 8 atom stereocenters. The molecule has 23 heavy (non-hydrogen) atoms. The fraction of sp³-hybridized carbons (Fsp3) is 0.826. The molecule has 0 nitrogen and oxygen atoms in total. The highest BCUT2D eigenvalue weighted by Crippen LogP contribution is 2.66. The van der Waals surface area contributed by atoms with Gasteiger partial charge in [-0.2, -0.15) is 0 Å². The molecule has 4 aliphatic carbocycles. The van der Waals surface area contributed by atoms with E-state index < -0.39 is 0 Å². The minimum atomic E-state index is 0.363. The number of hydrogen-bond acceptors (Lipinski definition) is 0. The smallest absolute Gasteiger partial charge is 0.00228 e. The van der Waals surface area contributed by atoms with Crippen molar-refractivity contribution in [2.45, 2.75) is 72.1 Å². The van der Waals surface area contributed by atoms with E-state index in [2.05, 4.69) is 33.9 Å². The van der Waals surface area contributed by atoms with Crippen molar-refractivity contribution >= 4 is 0 Å². The summed E-state index contributed by atoms with van der Waals surface area (Å²) in [5, 5.41) is 0. The second kappa shape index (κ2) is 5.50. The molecule has 0 N–H and O–H groups in total. The molecule has 0 spiro atoms. The second-order valence-electron chi connectivity index (χ2n) is 9.92. The van der Waals surface area contributed by atoms with Crippen LogP contribution < -0.4 is 0 Å². The predicted molar refractivity (Wildman–Crippen MR) is 99.1 cm³/mol. The van der Waals surface area contributed by atoms with E-state index in [1.807, 2.05) is 0 Å². The zero-order valence-corrected chi connectivity index (χ0v) is 15.6. The van der Waals surface area contributed by atoms with Crippen molar-refractivity contribution in [1.82, 2.24) is 0 Å². The van der Waals surface area contributed by atoms with Gasteiger partial charge in [-0.3, -0.25) is 0 Å². The van der Waals surface area contributed by atoms with Crippen LogP contribution in [0.2, 0.25) is 0 Å². The van der Waals surface area contributed by atoms with Crippen LogP contribution in [0.3, 0.4) is 0 Å². The molecule has 0 aromatic carbocycles. The van der Waals surface area contributed by atoms with E-state index >= 15 is 0 Å². The molecule has 4 saturated carbocycles. The fourth-order valence-electron chi connectivity index (χ4n) is 7.79. The van der Waals surface area contributed by atoms with Crippen molar-refractivity contribution in [2.24, 2.45) is 46.8 Å². The Balaban J connectivity index is 1.63. The highest BCUT2D eigenvalue weighted by molar-refractivity contribution is 5.27. The summed E-state index contributed by atoms with van der Waals surface area (Å²) in [4.78, 5) is 0. The quantitative estimate of drug-likeness (QED) is 0.476. The Labute approximate surface area is 143 Å². The Morgan fingerprint density at radius 3 is 2.48 bits per heavy atom. The summed E-state index contributed by atoms with van der Waals surface area (Å²) in [6, 6.07) is 0. The third kappa shape index (κ3) is 2.23. The summed E-state index contributed by atoms with van der Waals surface area (Å²) in [5.41, 5.74) is 3.37. The molecular weight excluding hydrogens is 276 g/mol. The molecule has 4 rings (SSSR count). The Morgan fingerprint density at radius 2 is 1.74 bits per heavy atom. The minimum absolute atomic E-state index is 0.363. The van der Waals surface area contributed by atoms with E-state index in [-0.39, 0.29) is 0 Å². The van der Waals surface area contributed by atoms with Crippen LogP contribution in [0.25, 0.3) is 0 Å². The Hall–Kier alpha value is -0.520. The molecule has 8 unspecified atom stereocenters. The van der Waals surface area contributed by atoms with Crippen molar-refractivity contribution in [3.8, 4) is 0 Å². The average Bonchev–Trinajstić information content (AvgIpc) is 2.86. The van der Waals surface area contributed by atoms with Gasteiger partial charge in [0.25, 0.3) is 0 Å². The van der Waals surface area contributed by atoms with E-state index in [1.54, 1.807) is 5.57 Å². The zero-order valence-electron chi connectivity index (χ0n) is 15.6. The largest absolute Gasteiger partial charge is 0.0998 e. The Kier molecular flexibility index (Phi) is 3.82. The lowest BCUT2D eigenvalue weighted by atomic mass is 9.48. The topological polar surface area (TPSA) is 0 Å². The lowest BCUT2D eigenvalue weighted by Gasteiger charge is -2.57. The van der Waals surface area contributed by atoms with Crippen LogP contribution in [-0.4, -0.2) is 0 Å². The van der Waals surface area contributed by atoms with Gasteiger partial charge in [0.05, 0.1) is 0 Å². The number of fused-ring (bicyclic) bond motifs is 5. The maximum atomic E-state index is 4.66. The first kappa shape index (κ1) is 16.0. The first-order chi connectivity index (χ1) is 10.9. The van der Waals surface area contributed by atoms with Gasteiger partial charge >= 0.3 is 0 Å². The second-order valence-corrected chi connectivity index (χ2v) is 9.92. The van der Waals surface area contributed by atoms with E-state index in [9.17, 15) is 0 Å².